The molecule has 0 radical (unpaired) electrons. The van der Waals surface area contributed by atoms with Crippen molar-refractivity contribution >= 4 is 23.7 Å². The zero-order valence-corrected chi connectivity index (χ0v) is 31.6. The normalized spacial score (nSPS) is 30.6. The standard InChI is InChI=1S/C42H53N3O8/c1-40(2,3)26-41(4,5)44-23-15-9-14-20-32(47)43-29(25-51-6)35(28-18-12-8-13-19-28)52-39(50)33-31-21-22-42(53-31)34(33)37(48)45(36(42)38(44)49)30(24-46)27-16-10-7-11-17-27/h7-13,15-19,21-22,29-31,33-36,46H,14,20,23-26H2,1-6H3,(H,43,47)/b15-9-/t29-,30-,31+,33-,34-,35-,36+,42-/m1/s1. The molecule has 5 bridgehead atoms. The molecule has 0 saturated carbocycles. The molecule has 8 atom stereocenters. The minimum atomic E-state index is -1.50. The van der Waals surface area contributed by atoms with Crippen LogP contribution in [0.4, 0.5) is 0 Å². The second kappa shape index (κ2) is 15.2. The number of likely N-dealkylation sites (tertiary alicyclic amines) is 1. The lowest BCUT2D eigenvalue weighted by atomic mass is 9.74. The van der Waals surface area contributed by atoms with Crippen LogP contribution in [0, 0.1) is 17.3 Å². The van der Waals surface area contributed by atoms with Crippen molar-refractivity contribution in [2.75, 3.05) is 26.9 Å². The monoisotopic (exact) mass is 727 g/mol. The van der Waals surface area contributed by atoms with Gasteiger partial charge in [0.2, 0.25) is 17.7 Å². The molecule has 2 saturated heterocycles. The zero-order chi connectivity index (χ0) is 38.1. The molecule has 11 heteroatoms. The Hall–Kier alpha value is -4.32. The first kappa shape index (κ1) is 38.4. The molecular weight excluding hydrogens is 674 g/mol. The zero-order valence-electron chi connectivity index (χ0n) is 31.6. The highest BCUT2D eigenvalue weighted by molar-refractivity contribution is 5.99. The summed E-state index contributed by atoms with van der Waals surface area (Å²) >= 11 is 0. The van der Waals surface area contributed by atoms with Gasteiger partial charge in [0.15, 0.2) is 0 Å². The number of nitrogens with one attached hydrogen (secondary N) is 1. The summed E-state index contributed by atoms with van der Waals surface area (Å²) < 4.78 is 18.6. The Bertz CT molecular complexity index is 1720. The average Bonchev–Trinajstić information content (AvgIpc) is 3.75. The van der Waals surface area contributed by atoms with Gasteiger partial charge in [-0.15, -0.1) is 0 Å². The fourth-order valence-corrected chi connectivity index (χ4v) is 9.10. The predicted octanol–water partition coefficient (Wildman–Crippen LogP) is 4.68. The number of aliphatic hydroxyl groups is 1. The minimum absolute atomic E-state index is 0.0582. The number of aliphatic hydroxyl groups excluding tert-OH is 1. The summed E-state index contributed by atoms with van der Waals surface area (Å²) in [5.41, 5.74) is -1.06. The molecule has 4 aliphatic heterocycles. The van der Waals surface area contributed by atoms with Gasteiger partial charge in [0.25, 0.3) is 0 Å². The van der Waals surface area contributed by atoms with Gasteiger partial charge in [-0.1, -0.05) is 106 Å². The van der Waals surface area contributed by atoms with Crippen molar-refractivity contribution < 1.29 is 38.5 Å². The maximum Gasteiger partial charge on any atom is 0.313 e. The number of amides is 3. The van der Waals surface area contributed by atoms with Crippen LogP contribution < -0.4 is 5.32 Å². The molecule has 53 heavy (non-hydrogen) atoms. The summed E-state index contributed by atoms with van der Waals surface area (Å²) in [7, 11) is 1.51. The van der Waals surface area contributed by atoms with E-state index in [9.17, 15) is 14.7 Å². The number of hydrogen-bond acceptors (Lipinski definition) is 8. The minimum Gasteiger partial charge on any atom is -0.455 e. The number of nitrogens with zero attached hydrogens (tertiary/aromatic N) is 2. The molecule has 6 rings (SSSR count). The molecule has 2 N–H and O–H groups in total. The maximum atomic E-state index is 15.5. The summed E-state index contributed by atoms with van der Waals surface area (Å²) in [5, 5.41) is 14.0. The van der Waals surface area contributed by atoms with E-state index in [1.54, 1.807) is 17.1 Å². The molecular formula is C42H53N3O8. The quantitative estimate of drug-likeness (QED) is 0.296. The largest absolute Gasteiger partial charge is 0.455 e. The Balaban J connectivity index is 1.51. The van der Waals surface area contributed by atoms with Crippen LogP contribution in [0.15, 0.2) is 85.0 Å². The van der Waals surface area contributed by atoms with Crippen LogP contribution in [-0.2, 0) is 33.4 Å². The van der Waals surface area contributed by atoms with Crippen molar-refractivity contribution in [3.63, 3.8) is 0 Å². The summed E-state index contributed by atoms with van der Waals surface area (Å²) in [6.45, 7) is 10.2. The molecule has 1 spiro atoms. The van der Waals surface area contributed by atoms with E-state index in [0.29, 0.717) is 24.0 Å². The van der Waals surface area contributed by atoms with Gasteiger partial charge in [-0.3, -0.25) is 19.2 Å². The number of rotatable bonds is 8. The van der Waals surface area contributed by atoms with Crippen LogP contribution in [0.5, 0.6) is 0 Å². The molecule has 0 unspecified atom stereocenters. The van der Waals surface area contributed by atoms with Crippen molar-refractivity contribution in [3.05, 3.63) is 96.1 Å². The number of benzene rings is 2. The molecule has 2 fully saturated rings. The SMILES string of the molecule is COC[C@H]1NC(=O)CC/C=C\CN(C(C)(C)CC(C)(C)C)C(=O)[C@@H]2N([C@H](CO)c3ccccc3)C(=O)[C@H]3[C@H](C(=O)O[C@@H]1c1ccccc1)[C@@H]1C=C[C@]23O1. The lowest BCUT2D eigenvalue weighted by molar-refractivity contribution is -0.163. The fraction of sp³-hybridized carbons (Fsp3) is 0.524. The third-order valence-electron chi connectivity index (χ3n) is 10.9. The first-order chi connectivity index (χ1) is 25.2. The Morgan fingerprint density at radius 2 is 1.64 bits per heavy atom. The number of esters is 1. The summed E-state index contributed by atoms with van der Waals surface area (Å²) in [5.74, 6) is -3.96. The van der Waals surface area contributed by atoms with Crippen molar-refractivity contribution in [2.45, 2.75) is 95.4 Å². The smallest absolute Gasteiger partial charge is 0.313 e. The van der Waals surface area contributed by atoms with Crippen molar-refractivity contribution in [2.24, 2.45) is 17.3 Å². The highest BCUT2D eigenvalue weighted by Crippen LogP contribution is 2.57. The molecule has 4 aliphatic rings. The molecule has 11 nitrogen and oxygen atoms in total. The van der Waals surface area contributed by atoms with Gasteiger partial charge in [0.1, 0.15) is 23.7 Å². The Morgan fingerprint density at radius 1 is 0.962 bits per heavy atom. The van der Waals surface area contributed by atoms with Crippen LogP contribution in [0.3, 0.4) is 0 Å². The van der Waals surface area contributed by atoms with Gasteiger partial charge in [-0.05, 0) is 43.2 Å². The average molecular weight is 728 g/mol. The number of hydrogen-bond donors (Lipinski definition) is 2. The van der Waals surface area contributed by atoms with Crippen LogP contribution in [0.25, 0.3) is 0 Å². The third kappa shape index (κ3) is 7.43. The fourth-order valence-electron chi connectivity index (χ4n) is 9.10. The Labute approximate surface area is 312 Å². The van der Waals surface area contributed by atoms with Gasteiger partial charge in [0, 0.05) is 25.6 Å². The number of methoxy groups -OCH3 is 1. The van der Waals surface area contributed by atoms with Crippen LogP contribution >= 0.6 is 0 Å². The summed E-state index contributed by atoms with van der Waals surface area (Å²) in [6.07, 6.45) is 6.72. The third-order valence-corrected chi connectivity index (χ3v) is 10.9. The maximum absolute atomic E-state index is 15.5. The van der Waals surface area contributed by atoms with Gasteiger partial charge >= 0.3 is 5.97 Å². The predicted molar refractivity (Wildman–Crippen MR) is 198 cm³/mol. The van der Waals surface area contributed by atoms with E-state index in [4.69, 9.17) is 14.2 Å². The highest BCUT2D eigenvalue weighted by Gasteiger charge is 2.74. The molecule has 2 aromatic rings. The van der Waals surface area contributed by atoms with Gasteiger partial charge in [0.05, 0.1) is 37.3 Å². The van der Waals surface area contributed by atoms with Crippen molar-refractivity contribution in [3.8, 4) is 0 Å². The Kier molecular flexibility index (Phi) is 11.0. The second-order valence-corrected chi connectivity index (χ2v) is 16.5. The van der Waals surface area contributed by atoms with E-state index in [-0.39, 0.29) is 36.8 Å². The molecule has 0 aliphatic carbocycles. The van der Waals surface area contributed by atoms with E-state index in [0.717, 1.165) is 0 Å². The number of ether oxygens (including phenoxy) is 3. The number of fused-ring (bicyclic) bond motifs is 2. The van der Waals surface area contributed by atoms with E-state index < -0.39 is 71.8 Å². The summed E-state index contributed by atoms with van der Waals surface area (Å²) in [4.78, 5) is 61.7. The van der Waals surface area contributed by atoms with Crippen LogP contribution in [0.2, 0.25) is 0 Å². The molecule has 284 valence electrons. The van der Waals surface area contributed by atoms with Crippen LogP contribution in [0.1, 0.15) is 77.2 Å². The number of carbonyl (C=O) groups is 4. The lowest BCUT2D eigenvalue weighted by Gasteiger charge is -2.46. The van der Waals surface area contributed by atoms with Gasteiger partial charge in [-0.25, -0.2) is 0 Å². The molecule has 3 amide bonds. The summed E-state index contributed by atoms with van der Waals surface area (Å²) in [6, 6.07) is 15.4. The molecule has 4 heterocycles. The van der Waals surface area contributed by atoms with Crippen LogP contribution in [-0.4, -0.2) is 94.8 Å². The number of cyclic esters (lactones) is 1. The number of allylic oxidation sites excluding steroid dienone is 1. The van der Waals surface area contributed by atoms with E-state index in [1.165, 1.54) is 12.0 Å². The second-order valence-electron chi connectivity index (χ2n) is 16.5. The van der Waals surface area contributed by atoms with Gasteiger partial charge in [-0.2, -0.15) is 0 Å². The molecule has 0 aromatic heterocycles. The lowest BCUT2D eigenvalue weighted by Crippen LogP contribution is -2.61. The first-order valence-electron chi connectivity index (χ1n) is 18.6. The molecule has 2 aromatic carbocycles. The van der Waals surface area contributed by atoms with Gasteiger partial charge < -0.3 is 34.4 Å². The number of carbonyl (C=O) groups excluding carboxylic acids is 4. The van der Waals surface area contributed by atoms with Crippen molar-refractivity contribution in [1.82, 2.24) is 15.1 Å². The van der Waals surface area contributed by atoms with E-state index in [2.05, 4.69) is 26.1 Å². The Morgan fingerprint density at radius 3 is 2.28 bits per heavy atom. The van der Waals surface area contributed by atoms with E-state index in [1.807, 2.05) is 86.7 Å². The first-order valence-corrected chi connectivity index (χ1v) is 18.6. The van der Waals surface area contributed by atoms with Crippen molar-refractivity contribution in [1.29, 1.82) is 0 Å². The topological polar surface area (TPSA) is 135 Å². The highest BCUT2D eigenvalue weighted by atomic mass is 16.6. The van der Waals surface area contributed by atoms with E-state index >= 15 is 9.59 Å².